The van der Waals surface area contributed by atoms with E-state index >= 15 is 0 Å². The van der Waals surface area contributed by atoms with Crippen molar-refractivity contribution in [3.05, 3.63) is 18.2 Å². The zero-order valence-corrected chi connectivity index (χ0v) is 14.5. The molecule has 1 aromatic rings. The van der Waals surface area contributed by atoms with Crippen LogP contribution >= 0.6 is 0 Å². The van der Waals surface area contributed by atoms with Crippen LogP contribution in [0.3, 0.4) is 0 Å². The van der Waals surface area contributed by atoms with E-state index < -0.39 is 5.54 Å². The van der Waals surface area contributed by atoms with Gasteiger partial charge in [-0.3, -0.25) is 9.69 Å². The van der Waals surface area contributed by atoms with Gasteiger partial charge in [-0.2, -0.15) is 0 Å². The fraction of sp³-hybridized carbons (Fsp3) is 0.529. The Kier molecular flexibility index (Phi) is 4.98. The Morgan fingerprint density at radius 3 is 2.36 bits per heavy atom. The summed E-state index contributed by atoms with van der Waals surface area (Å²) in [7, 11) is 3.08. The van der Waals surface area contributed by atoms with Gasteiger partial charge in [0, 0.05) is 0 Å². The lowest BCUT2D eigenvalue weighted by molar-refractivity contribution is -0.132. The van der Waals surface area contributed by atoms with E-state index in [2.05, 4.69) is 10.6 Å². The fourth-order valence-corrected chi connectivity index (χ4v) is 3.27. The van der Waals surface area contributed by atoms with E-state index in [-0.39, 0.29) is 25.1 Å². The highest BCUT2D eigenvalue weighted by Crippen LogP contribution is 2.36. The van der Waals surface area contributed by atoms with E-state index in [4.69, 9.17) is 14.2 Å². The summed E-state index contributed by atoms with van der Waals surface area (Å²) in [5.74, 6) is 1.35. The number of para-hydroxylation sites is 1. The Hall–Kier alpha value is -2.48. The Bertz CT molecular complexity index is 635. The molecule has 0 unspecified atom stereocenters. The van der Waals surface area contributed by atoms with Crippen LogP contribution in [-0.4, -0.2) is 62.8 Å². The number of benzene rings is 1. The van der Waals surface area contributed by atoms with Gasteiger partial charge in [0.15, 0.2) is 11.5 Å². The van der Waals surface area contributed by atoms with Crippen LogP contribution in [0, 0.1) is 0 Å². The molecular weight excluding hydrogens is 326 g/mol. The SMILES string of the molecule is COc1cccc(OC)c1OCCN1C(=O)NC2(CCNCC2)C1=O. The highest BCUT2D eigenvalue weighted by molar-refractivity contribution is 6.07. The minimum Gasteiger partial charge on any atom is -0.493 e. The first kappa shape index (κ1) is 17.3. The third-order valence-corrected chi connectivity index (χ3v) is 4.65. The van der Waals surface area contributed by atoms with Crippen LogP contribution in [0.5, 0.6) is 17.2 Å². The molecule has 2 heterocycles. The van der Waals surface area contributed by atoms with Gasteiger partial charge < -0.3 is 24.8 Å². The van der Waals surface area contributed by atoms with Crippen molar-refractivity contribution in [1.82, 2.24) is 15.5 Å². The maximum absolute atomic E-state index is 12.7. The van der Waals surface area contributed by atoms with Gasteiger partial charge in [-0.25, -0.2) is 4.79 Å². The van der Waals surface area contributed by atoms with Crippen molar-refractivity contribution in [1.29, 1.82) is 0 Å². The predicted octanol–water partition coefficient (Wildman–Crippen LogP) is 0.757. The average Bonchev–Trinajstić information content (AvgIpc) is 2.86. The first-order valence-electron chi connectivity index (χ1n) is 8.30. The van der Waals surface area contributed by atoms with Crippen LogP contribution in [0.15, 0.2) is 18.2 Å². The van der Waals surface area contributed by atoms with Crippen LogP contribution in [0.1, 0.15) is 12.8 Å². The van der Waals surface area contributed by atoms with E-state index in [0.29, 0.717) is 30.1 Å². The first-order valence-corrected chi connectivity index (χ1v) is 8.30. The standard InChI is InChI=1S/C17H23N3O5/c1-23-12-4-3-5-13(24-2)14(12)25-11-10-20-15(21)17(19-16(20)22)6-8-18-9-7-17/h3-5,18H,6-11H2,1-2H3,(H,19,22). The lowest BCUT2D eigenvalue weighted by Gasteiger charge is -2.31. The van der Waals surface area contributed by atoms with Crippen LogP contribution < -0.4 is 24.8 Å². The first-order chi connectivity index (χ1) is 12.1. The number of rotatable bonds is 6. The summed E-state index contributed by atoms with van der Waals surface area (Å²) >= 11 is 0. The monoisotopic (exact) mass is 349 g/mol. The Labute approximate surface area is 146 Å². The van der Waals surface area contributed by atoms with Crippen LogP contribution in [0.2, 0.25) is 0 Å². The van der Waals surface area contributed by atoms with E-state index in [1.165, 1.54) is 4.90 Å². The molecule has 2 aliphatic rings. The Morgan fingerprint density at radius 2 is 1.76 bits per heavy atom. The van der Waals surface area contributed by atoms with Crippen molar-refractivity contribution < 1.29 is 23.8 Å². The Balaban J connectivity index is 1.65. The fourth-order valence-electron chi connectivity index (χ4n) is 3.27. The molecule has 0 saturated carbocycles. The van der Waals surface area contributed by atoms with Gasteiger partial charge in [-0.05, 0) is 38.1 Å². The number of carbonyl (C=O) groups excluding carboxylic acids is 2. The van der Waals surface area contributed by atoms with Gasteiger partial charge in [0.2, 0.25) is 5.75 Å². The highest BCUT2D eigenvalue weighted by Gasteiger charge is 2.51. The van der Waals surface area contributed by atoms with Crippen molar-refractivity contribution in [2.75, 3.05) is 40.5 Å². The molecule has 0 aromatic heterocycles. The summed E-state index contributed by atoms with van der Waals surface area (Å²) in [6, 6.07) is 4.95. The summed E-state index contributed by atoms with van der Waals surface area (Å²) < 4.78 is 16.3. The number of methoxy groups -OCH3 is 2. The number of imide groups is 1. The van der Waals surface area contributed by atoms with Gasteiger partial charge in [-0.15, -0.1) is 0 Å². The molecule has 0 aliphatic carbocycles. The van der Waals surface area contributed by atoms with Gasteiger partial charge in [0.25, 0.3) is 5.91 Å². The number of carbonyl (C=O) groups is 2. The van der Waals surface area contributed by atoms with Crippen molar-refractivity contribution in [3.8, 4) is 17.2 Å². The molecule has 136 valence electrons. The number of piperidine rings is 1. The largest absolute Gasteiger partial charge is 0.493 e. The van der Waals surface area contributed by atoms with E-state index in [1.54, 1.807) is 32.4 Å². The molecule has 8 heteroatoms. The van der Waals surface area contributed by atoms with Crippen LogP contribution in [-0.2, 0) is 4.79 Å². The number of nitrogens with zero attached hydrogens (tertiary/aromatic N) is 1. The van der Waals surface area contributed by atoms with Crippen molar-refractivity contribution >= 4 is 11.9 Å². The van der Waals surface area contributed by atoms with Crippen molar-refractivity contribution in [2.24, 2.45) is 0 Å². The number of hydrogen-bond acceptors (Lipinski definition) is 6. The van der Waals surface area contributed by atoms with Crippen LogP contribution in [0.4, 0.5) is 4.79 Å². The molecule has 3 rings (SSSR count). The second-order valence-electron chi connectivity index (χ2n) is 6.06. The number of amides is 3. The molecule has 8 nitrogen and oxygen atoms in total. The lowest BCUT2D eigenvalue weighted by Crippen LogP contribution is -2.54. The molecule has 25 heavy (non-hydrogen) atoms. The zero-order chi connectivity index (χ0) is 17.9. The lowest BCUT2D eigenvalue weighted by atomic mass is 9.88. The molecule has 0 atom stereocenters. The zero-order valence-electron chi connectivity index (χ0n) is 14.5. The highest BCUT2D eigenvalue weighted by atomic mass is 16.5. The van der Waals surface area contributed by atoms with Gasteiger partial charge in [0.1, 0.15) is 12.1 Å². The van der Waals surface area contributed by atoms with Gasteiger partial charge >= 0.3 is 6.03 Å². The number of nitrogens with one attached hydrogen (secondary N) is 2. The maximum atomic E-state index is 12.7. The number of ether oxygens (including phenoxy) is 3. The normalized spacial score (nSPS) is 19.0. The Morgan fingerprint density at radius 1 is 1.12 bits per heavy atom. The third kappa shape index (κ3) is 3.21. The summed E-state index contributed by atoms with van der Waals surface area (Å²) in [5.41, 5.74) is -0.759. The topological polar surface area (TPSA) is 89.1 Å². The molecule has 1 spiro atoms. The number of urea groups is 1. The van der Waals surface area contributed by atoms with Gasteiger partial charge in [0.05, 0.1) is 20.8 Å². The smallest absolute Gasteiger partial charge is 0.325 e. The average molecular weight is 349 g/mol. The molecule has 2 N–H and O–H groups in total. The second-order valence-corrected chi connectivity index (χ2v) is 6.06. The molecule has 0 radical (unpaired) electrons. The van der Waals surface area contributed by atoms with E-state index in [1.807, 2.05) is 0 Å². The second kappa shape index (κ2) is 7.18. The number of hydrogen-bond donors (Lipinski definition) is 2. The van der Waals surface area contributed by atoms with Crippen molar-refractivity contribution in [3.63, 3.8) is 0 Å². The van der Waals surface area contributed by atoms with Crippen LogP contribution in [0.25, 0.3) is 0 Å². The molecule has 2 fully saturated rings. The van der Waals surface area contributed by atoms with E-state index in [9.17, 15) is 9.59 Å². The summed E-state index contributed by atoms with van der Waals surface area (Å²) in [6.45, 7) is 1.76. The minimum absolute atomic E-state index is 0.157. The van der Waals surface area contributed by atoms with Crippen molar-refractivity contribution in [2.45, 2.75) is 18.4 Å². The molecule has 1 aromatic carbocycles. The third-order valence-electron chi connectivity index (χ3n) is 4.65. The molecule has 0 bridgehead atoms. The predicted molar refractivity (Wildman–Crippen MR) is 90.1 cm³/mol. The quantitative estimate of drug-likeness (QED) is 0.737. The molecule has 2 saturated heterocycles. The van der Waals surface area contributed by atoms with Gasteiger partial charge in [-0.1, -0.05) is 6.07 Å². The summed E-state index contributed by atoms with van der Waals surface area (Å²) in [6.07, 6.45) is 1.21. The molecule has 2 aliphatic heterocycles. The maximum Gasteiger partial charge on any atom is 0.325 e. The molecule has 3 amide bonds. The summed E-state index contributed by atoms with van der Waals surface area (Å²) in [5, 5.41) is 6.06. The molecular formula is C17H23N3O5. The summed E-state index contributed by atoms with van der Waals surface area (Å²) in [4.78, 5) is 26.1. The van der Waals surface area contributed by atoms with E-state index in [0.717, 1.165) is 13.1 Å². The minimum atomic E-state index is -0.759.